The molecule has 1 atom stereocenters. The molecule has 3 heteroatoms. The predicted molar refractivity (Wildman–Crippen MR) is 76.4 cm³/mol. The summed E-state index contributed by atoms with van der Waals surface area (Å²) in [5, 5.41) is 0. The van der Waals surface area contributed by atoms with Crippen LogP contribution in [0, 0.1) is 5.82 Å². The van der Waals surface area contributed by atoms with Crippen LogP contribution in [0.1, 0.15) is 39.5 Å². The highest BCUT2D eigenvalue weighted by Gasteiger charge is 2.15. The molecule has 1 unspecified atom stereocenters. The first-order valence-electron chi connectivity index (χ1n) is 6.95. The number of nitrogens with two attached hydrogens (primary N) is 1. The first kappa shape index (κ1) is 15.0. The van der Waals surface area contributed by atoms with Crippen molar-refractivity contribution in [2.75, 3.05) is 18.0 Å². The zero-order valence-electron chi connectivity index (χ0n) is 11.5. The molecule has 18 heavy (non-hydrogen) atoms. The average molecular weight is 252 g/mol. The van der Waals surface area contributed by atoms with E-state index in [1.807, 2.05) is 12.1 Å². The molecule has 2 N–H and O–H groups in total. The third-order valence-electron chi connectivity index (χ3n) is 3.35. The molecule has 1 rings (SSSR count). The average Bonchev–Trinajstić information content (AvgIpc) is 2.40. The highest BCUT2D eigenvalue weighted by Crippen LogP contribution is 2.20. The molecule has 0 radical (unpaired) electrons. The fourth-order valence-corrected chi connectivity index (χ4v) is 2.32. The van der Waals surface area contributed by atoms with Gasteiger partial charge in [0.15, 0.2) is 0 Å². The van der Waals surface area contributed by atoms with E-state index >= 15 is 0 Å². The van der Waals surface area contributed by atoms with Crippen molar-refractivity contribution < 1.29 is 4.39 Å². The Kier molecular flexibility index (Phi) is 6.73. The van der Waals surface area contributed by atoms with Crippen LogP contribution in [0.2, 0.25) is 0 Å². The van der Waals surface area contributed by atoms with Gasteiger partial charge < -0.3 is 10.6 Å². The molecule has 0 saturated heterocycles. The third kappa shape index (κ3) is 4.30. The number of hydrogen-bond donors (Lipinski definition) is 1. The van der Waals surface area contributed by atoms with E-state index in [4.69, 9.17) is 5.73 Å². The third-order valence-corrected chi connectivity index (χ3v) is 3.35. The van der Waals surface area contributed by atoms with Crippen molar-refractivity contribution in [1.82, 2.24) is 0 Å². The molecule has 0 amide bonds. The quantitative estimate of drug-likeness (QED) is 0.717. The fourth-order valence-electron chi connectivity index (χ4n) is 2.32. The Morgan fingerprint density at radius 2 is 1.83 bits per heavy atom. The maximum Gasteiger partial charge on any atom is 0.123 e. The molecule has 1 aromatic rings. The van der Waals surface area contributed by atoms with E-state index in [9.17, 15) is 4.39 Å². The Bertz CT molecular complexity index is 324. The molecule has 0 saturated carbocycles. The number of anilines is 1. The van der Waals surface area contributed by atoms with Crippen LogP contribution in [-0.4, -0.2) is 19.1 Å². The maximum absolute atomic E-state index is 12.9. The van der Waals surface area contributed by atoms with Crippen LogP contribution in [0.4, 0.5) is 10.1 Å². The lowest BCUT2D eigenvalue weighted by molar-refractivity contribution is 0.528. The molecular formula is C15H25FN2. The van der Waals surface area contributed by atoms with E-state index in [1.165, 1.54) is 31.4 Å². The molecule has 0 fully saturated rings. The minimum atomic E-state index is -0.190. The van der Waals surface area contributed by atoms with Gasteiger partial charge in [0, 0.05) is 24.8 Å². The van der Waals surface area contributed by atoms with Crippen molar-refractivity contribution >= 4 is 5.69 Å². The summed E-state index contributed by atoms with van der Waals surface area (Å²) in [6.45, 7) is 5.87. The Morgan fingerprint density at radius 3 is 2.33 bits per heavy atom. The second-order valence-corrected chi connectivity index (χ2v) is 4.65. The molecule has 0 aliphatic heterocycles. The summed E-state index contributed by atoms with van der Waals surface area (Å²) in [5.74, 6) is -0.190. The van der Waals surface area contributed by atoms with E-state index in [2.05, 4.69) is 18.7 Å². The molecule has 0 bridgehead atoms. The lowest BCUT2D eigenvalue weighted by Crippen LogP contribution is -2.40. The van der Waals surface area contributed by atoms with Gasteiger partial charge in [-0.05, 0) is 37.6 Å². The zero-order valence-corrected chi connectivity index (χ0v) is 11.5. The summed E-state index contributed by atoms with van der Waals surface area (Å²) < 4.78 is 12.9. The van der Waals surface area contributed by atoms with E-state index in [-0.39, 0.29) is 5.82 Å². The number of halogens is 1. The van der Waals surface area contributed by atoms with Crippen molar-refractivity contribution in [1.29, 1.82) is 0 Å². The minimum absolute atomic E-state index is 0.190. The van der Waals surface area contributed by atoms with Crippen LogP contribution < -0.4 is 10.6 Å². The smallest absolute Gasteiger partial charge is 0.123 e. The maximum atomic E-state index is 12.9. The van der Waals surface area contributed by atoms with E-state index in [0.717, 1.165) is 18.7 Å². The predicted octanol–water partition coefficient (Wildman–Crippen LogP) is 3.56. The van der Waals surface area contributed by atoms with Gasteiger partial charge in [-0.3, -0.25) is 0 Å². The topological polar surface area (TPSA) is 29.3 Å². The van der Waals surface area contributed by atoms with Gasteiger partial charge in [0.25, 0.3) is 0 Å². The Hall–Kier alpha value is -1.09. The summed E-state index contributed by atoms with van der Waals surface area (Å²) >= 11 is 0. The molecule has 0 aliphatic rings. The zero-order chi connectivity index (χ0) is 13.4. The highest BCUT2D eigenvalue weighted by atomic mass is 19.1. The lowest BCUT2D eigenvalue weighted by Gasteiger charge is -2.32. The number of nitrogens with zero attached hydrogens (tertiary/aromatic N) is 1. The van der Waals surface area contributed by atoms with Gasteiger partial charge in [-0.15, -0.1) is 0 Å². The van der Waals surface area contributed by atoms with Crippen molar-refractivity contribution in [2.45, 2.75) is 45.6 Å². The van der Waals surface area contributed by atoms with Crippen LogP contribution >= 0.6 is 0 Å². The van der Waals surface area contributed by atoms with E-state index in [0.29, 0.717) is 12.6 Å². The summed E-state index contributed by atoms with van der Waals surface area (Å²) in [5.41, 5.74) is 6.94. The largest absolute Gasteiger partial charge is 0.368 e. The van der Waals surface area contributed by atoms with Gasteiger partial charge in [-0.1, -0.05) is 26.2 Å². The van der Waals surface area contributed by atoms with Gasteiger partial charge in [0.2, 0.25) is 0 Å². The second-order valence-electron chi connectivity index (χ2n) is 4.65. The van der Waals surface area contributed by atoms with Gasteiger partial charge in [0.1, 0.15) is 5.82 Å². The van der Waals surface area contributed by atoms with Crippen molar-refractivity contribution in [2.24, 2.45) is 5.73 Å². The summed E-state index contributed by atoms with van der Waals surface area (Å²) in [4.78, 5) is 2.27. The fraction of sp³-hybridized carbons (Fsp3) is 0.600. The Balaban J connectivity index is 2.69. The van der Waals surface area contributed by atoms with Crippen molar-refractivity contribution in [3.05, 3.63) is 30.1 Å². The number of likely N-dealkylation sites (N-methyl/N-ethyl adjacent to an activating group) is 1. The van der Waals surface area contributed by atoms with Gasteiger partial charge in [-0.25, -0.2) is 4.39 Å². The van der Waals surface area contributed by atoms with Gasteiger partial charge in [0.05, 0.1) is 0 Å². The molecule has 0 heterocycles. The van der Waals surface area contributed by atoms with Gasteiger partial charge in [-0.2, -0.15) is 0 Å². The van der Waals surface area contributed by atoms with Crippen LogP contribution in [0.25, 0.3) is 0 Å². The number of rotatable bonds is 8. The molecule has 102 valence electrons. The van der Waals surface area contributed by atoms with Crippen molar-refractivity contribution in [3.63, 3.8) is 0 Å². The molecular weight excluding hydrogens is 227 g/mol. The van der Waals surface area contributed by atoms with Crippen LogP contribution in [-0.2, 0) is 0 Å². The summed E-state index contributed by atoms with van der Waals surface area (Å²) in [6, 6.07) is 7.05. The molecule has 0 spiro atoms. The monoisotopic (exact) mass is 252 g/mol. The molecule has 0 aliphatic carbocycles. The minimum Gasteiger partial charge on any atom is -0.368 e. The molecule has 0 aromatic heterocycles. The number of benzene rings is 1. The van der Waals surface area contributed by atoms with Crippen molar-refractivity contribution in [3.8, 4) is 0 Å². The Morgan fingerprint density at radius 1 is 1.17 bits per heavy atom. The SMILES string of the molecule is CCCCCC(CN)N(CC)c1ccc(F)cc1. The number of hydrogen-bond acceptors (Lipinski definition) is 2. The van der Waals surface area contributed by atoms with E-state index in [1.54, 1.807) is 0 Å². The lowest BCUT2D eigenvalue weighted by atomic mass is 10.1. The van der Waals surface area contributed by atoms with Crippen LogP contribution in [0.3, 0.4) is 0 Å². The summed E-state index contributed by atoms with van der Waals surface area (Å²) in [7, 11) is 0. The number of unbranched alkanes of at least 4 members (excludes halogenated alkanes) is 2. The standard InChI is InChI=1S/C15H25FN2/c1-3-5-6-7-15(12-17)18(4-2)14-10-8-13(16)9-11-14/h8-11,15H,3-7,12,17H2,1-2H3. The second kappa shape index (κ2) is 8.09. The van der Waals surface area contributed by atoms with E-state index < -0.39 is 0 Å². The molecule has 1 aromatic carbocycles. The molecule has 2 nitrogen and oxygen atoms in total. The van der Waals surface area contributed by atoms with Gasteiger partial charge >= 0.3 is 0 Å². The first-order chi connectivity index (χ1) is 8.72. The normalized spacial score (nSPS) is 12.4. The van der Waals surface area contributed by atoms with Crippen LogP contribution in [0.5, 0.6) is 0 Å². The first-order valence-corrected chi connectivity index (χ1v) is 6.95. The summed E-state index contributed by atoms with van der Waals surface area (Å²) in [6.07, 6.45) is 4.78. The highest BCUT2D eigenvalue weighted by molar-refractivity contribution is 5.47. The van der Waals surface area contributed by atoms with Crippen LogP contribution in [0.15, 0.2) is 24.3 Å². The Labute approximate surface area is 110 Å².